The van der Waals surface area contributed by atoms with Crippen LogP contribution in [0.25, 0.3) is 0 Å². The smallest absolute Gasteiger partial charge is 0.246 e. The Labute approximate surface area is 99.8 Å². The molecule has 0 aliphatic carbocycles. The van der Waals surface area contributed by atoms with Crippen molar-refractivity contribution < 1.29 is 4.79 Å². The Hall–Kier alpha value is -1.29. The summed E-state index contributed by atoms with van der Waals surface area (Å²) in [7, 11) is 1.76. The predicted molar refractivity (Wildman–Crippen MR) is 65.1 cm³/mol. The average molecular weight is 240 g/mol. The molecule has 1 amide bonds. The van der Waals surface area contributed by atoms with Gasteiger partial charge in [0.25, 0.3) is 0 Å². The minimum atomic E-state index is 0.0744. The first-order valence-electron chi connectivity index (χ1n) is 5.19. The highest BCUT2D eigenvalue weighted by molar-refractivity contribution is 6.29. The van der Waals surface area contributed by atoms with E-state index in [4.69, 9.17) is 11.6 Å². The van der Waals surface area contributed by atoms with Crippen LogP contribution in [0.5, 0.6) is 0 Å². The number of anilines is 2. The lowest BCUT2D eigenvalue weighted by atomic mass is 10.1. The highest BCUT2D eigenvalue weighted by atomic mass is 35.5. The molecule has 0 fully saturated rings. The molecule has 1 aromatic rings. The maximum Gasteiger partial charge on any atom is 0.246 e. The zero-order chi connectivity index (χ0) is 11.9. The molecule has 0 bridgehead atoms. The first-order chi connectivity index (χ1) is 7.50. The topological polar surface area (TPSA) is 36.4 Å². The third-order valence-corrected chi connectivity index (χ3v) is 3.01. The third kappa shape index (κ3) is 1.73. The van der Waals surface area contributed by atoms with E-state index in [2.05, 4.69) is 18.8 Å². The summed E-state index contributed by atoms with van der Waals surface area (Å²) in [5, 5.41) is 0.451. The Bertz CT molecular complexity index is 433. The number of nitrogens with zero attached hydrogens (tertiary/aromatic N) is 3. The van der Waals surface area contributed by atoms with Crippen LogP contribution in [0.3, 0.4) is 0 Å². The molecule has 16 heavy (non-hydrogen) atoms. The Balaban J connectivity index is 2.54. The lowest BCUT2D eigenvalue weighted by Crippen LogP contribution is -2.46. The lowest BCUT2D eigenvalue weighted by molar-refractivity contribution is -0.117. The molecular weight excluding hydrogens is 226 g/mol. The molecule has 0 unspecified atom stereocenters. The zero-order valence-electron chi connectivity index (χ0n) is 9.57. The fourth-order valence-corrected chi connectivity index (χ4v) is 1.99. The van der Waals surface area contributed by atoms with Crippen LogP contribution in [-0.2, 0) is 4.79 Å². The van der Waals surface area contributed by atoms with E-state index in [1.54, 1.807) is 24.2 Å². The van der Waals surface area contributed by atoms with Crippen molar-refractivity contribution in [3.63, 3.8) is 0 Å². The molecule has 0 saturated carbocycles. The molecule has 0 aromatic carbocycles. The van der Waals surface area contributed by atoms with E-state index < -0.39 is 0 Å². The van der Waals surface area contributed by atoms with Crippen LogP contribution in [0.4, 0.5) is 11.4 Å². The number of pyridine rings is 1. The maximum absolute atomic E-state index is 11.8. The zero-order valence-corrected chi connectivity index (χ0v) is 10.3. The second-order valence-corrected chi connectivity index (χ2v) is 4.56. The highest BCUT2D eigenvalue weighted by Gasteiger charge is 2.28. The van der Waals surface area contributed by atoms with Gasteiger partial charge in [-0.25, -0.2) is 4.98 Å². The van der Waals surface area contributed by atoms with Gasteiger partial charge in [0.1, 0.15) is 5.15 Å². The van der Waals surface area contributed by atoms with Gasteiger partial charge in [-0.3, -0.25) is 4.79 Å². The lowest BCUT2D eigenvalue weighted by Gasteiger charge is -2.37. The van der Waals surface area contributed by atoms with Gasteiger partial charge in [0.15, 0.2) is 0 Å². The molecule has 4 nitrogen and oxygen atoms in total. The SMILES string of the molecule is CC(C)N1CC(=O)N(C)c2cnc(Cl)cc21. The van der Waals surface area contributed by atoms with E-state index in [-0.39, 0.29) is 11.9 Å². The molecule has 1 aromatic heterocycles. The van der Waals surface area contributed by atoms with Crippen LogP contribution in [0.2, 0.25) is 5.15 Å². The van der Waals surface area contributed by atoms with E-state index in [9.17, 15) is 4.79 Å². The standard InChI is InChI=1S/C11H14ClN3O/c1-7(2)15-6-11(16)14(3)9-5-13-10(12)4-8(9)15/h4-5,7H,6H2,1-3H3. The Kier molecular flexibility index (Phi) is 2.76. The van der Waals surface area contributed by atoms with E-state index in [1.807, 2.05) is 4.90 Å². The Morgan fingerprint density at radius 1 is 1.44 bits per heavy atom. The van der Waals surface area contributed by atoms with Gasteiger partial charge < -0.3 is 9.80 Å². The molecule has 2 heterocycles. The van der Waals surface area contributed by atoms with Gasteiger partial charge in [-0.05, 0) is 13.8 Å². The number of carbonyl (C=O) groups is 1. The van der Waals surface area contributed by atoms with Crippen molar-refractivity contribution in [1.82, 2.24) is 4.98 Å². The second-order valence-electron chi connectivity index (χ2n) is 4.17. The second kappa shape index (κ2) is 3.94. The number of fused-ring (bicyclic) bond motifs is 1. The van der Waals surface area contributed by atoms with Gasteiger partial charge in [0, 0.05) is 19.2 Å². The summed E-state index contributed by atoms with van der Waals surface area (Å²) in [5.41, 5.74) is 1.78. The summed E-state index contributed by atoms with van der Waals surface area (Å²) >= 11 is 5.89. The number of amides is 1. The number of rotatable bonds is 1. The minimum absolute atomic E-state index is 0.0744. The van der Waals surface area contributed by atoms with Crippen molar-refractivity contribution in [3.05, 3.63) is 17.4 Å². The molecule has 1 aliphatic heterocycles. The molecule has 2 rings (SSSR count). The Morgan fingerprint density at radius 2 is 2.12 bits per heavy atom. The van der Waals surface area contributed by atoms with E-state index >= 15 is 0 Å². The van der Waals surface area contributed by atoms with Gasteiger partial charge >= 0.3 is 0 Å². The monoisotopic (exact) mass is 239 g/mol. The number of hydrogen-bond donors (Lipinski definition) is 0. The summed E-state index contributed by atoms with van der Waals surface area (Å²) in [6.07, 6.45) is 1.64. The van der Waals surface area contributed by atoms with Crippen LogP contribution in [-0.4, -0.2) is 30.5 Å². The summed E-state index contributed by atoms with van der Waals surface area (Å²) in [6, 6.07) is 2.06. The quantitative estimate of drug-likeness (QED) is 0.703. The number of carbonyl (C=O) groups excluding carboxylic acids is 1. The van der Waals surface area contributed by atoms with Gasteiger partial charge in [0.2, 0.25) is 5.91 Å². The molecule has 0 atom stereocenters. The first kappa shape index (κ1) is 11.2. The van der Waals surface area contributed by atoms with Crippen LogP contribution in [0.1, 0.15) is 13.8 Å². The summed E-state index contributed by atoms with van der Waals surface area (Å²) in [6.45, 7) is 4.49. The van der Waals surface area contributed by atoms with Crippen LogP contribution < -0.4 is 9.80 Å². The van der Waals surface area contributed by atoms with E-state index in [0.29, 0.717) is 11.7 Å². The number of hydrogen-bond acceptors (Lipinski definition) is 3. The normalized spacial score (nSPS) is 15.7. The van der Waals surface area contributed by atoms with Crippen LogP contribution >= 0.6 is 11.6 Å². The molecule has 0 radical (unpaired) electrons. The van der Waals surface area contributed by atoms with Crippen molar-refractivity contribution in [1.29, 1.82) is 0 Å². The Morgan fingerprint density at radius 3 is 2.75 bits per heavy atom. The highest BCUT2D eigenvalue weighted by Crippen LogP contribution is 2.34. The van der Waals surface area contributed by atoms with Crippen molar-refractivity contribution in [2.24, 2.45) is 0 Å². The van der Waals surface area contributed by atoms with Gasteiger partial charge in [0.05, 0.1) is 24.1 Å². The third-order valence-electron chi connectivity index (χ3n) is 2.80. The molecule has 0 N–H and O–H groups in total. The fourth-order valence-electron chi connectivity index (χ4n) is 1.83. The molecule has 86 valence electrons. The summed E-state index contributed by atoms with van der Waals surface area (Å²) in [4.78, 5) is 19.5. The van der Waals surface area contributed by atoms with Gasteiger partial charge in [-0.15, -0.1) is 0 Å². The molecule has 0 spiro atoms. The van der Waals surface area contributed by atoms with E-state index in [0.717, 1.165) is 11.4 Å². The van der Waals surface area contributed by atoms with Crippen molar-refractivity contribution in [3.8, 4) is 0 Å². The van der Waals surface area contributed by atoms with Crippen molar-refractivity contribution in [2.45, 2.75) is 19.9 Å². The van der Waals surface area contributed by atoms with Gasteiger partial charge in [-0.1, -0.05) is 11.6 Å². The van der Waals surface area contributed by atoms with Crippen molar-refractivity contribution in [2.75, 3.05) is 23.4 Å². The molecular formula is C11H14ClN3O. The summed E-state index contributed by atoms with van der Waals surface area (Å²) in [5.74, 6) is 0.0744. The molecule has 0 saturated heterocycles. The average Bonchev–Trinajstić information content (AvgIpc) is 2.22. The largest absolute Gasteiger partial charge is 0.358 e. The number of halogens is 1. The summed E-state index contributed by atoms with van der Waals surface area (Å²) < 4.78 is 0. The van der Waals surface area contributed by atoms with Gasteiger partial charge in [-0.2, -0.15) is 0 Å². The number of aromatic nitrogens is 1. The van der Waals surface area contributed by atoms with E-state index in [1.165, 1.54) is 0 Å². The number of likely N-dealkylation sites (N-methyl/N-ethyl adjacent to an activating group) is 1. The fraction of sp³-hybridized carbons (Fsp3) is 0.455. The molecule has 1 aliphatic rings. The maximum atomic E-state index is 11.8. The van der Waals surface area contributed by atoms with Crippen LogP contribution in [0, 0.1) is 0 Å². The first-order valence-corrected chi connectivity index (χ1v) is 5.57. The van der Waals surface area contributed by atoms with Crippen LogP contribution in [0.15, 0.2) is 12.3 Å². The minimum Gasteiger partial charge on any atom is -0.358 e. The molecule has 5 heteroatoms. The van der Waals surface area contributed by atoms with Crippen molar-refractivity contribution >= 4 is 28.9 Å². The predicted octanol–water partition coefficient (Wildman–Crippen LogP) is 1.93.